The summed E-state index contributed by atoms with van der Waals surface area (Å²) >= 11 is 0. The normalized spacial score (nSPS) is 10.6. The Hall–Kier alpha value is -4.21. The van der Waals surface area contributed by atoms with Crippen molar-refractivity contribution in [1.82, 2.24) is 30.5 Å². The number of ether oxygens (including phenoxy) is 2. The van der Waals surface area contributed by atoms with Gasteiger partial charge in [0.15, 0.2) is 5.69 Å². The monoisotopic (exact) mass is 406 g/mol. The molecule has 0 aliphatic heterocycles. The lowest BCUT2D eigenvalue weighted by molar-refractivity contribution is 0.0938. The van der Waals surface area contributed by atoms with Gasteiger partial charge < -0.3 is 19.2 Å². The average molecular weight is 406 g/mol. The van der Waals surface area contributed by atoms with Crippen LogP contribution in [0.3, 0.4) is 0 Å². The molecule has 30 heavy (non-hydrogen) atoms. The summed E-state index contributed by atoms with van der Waals surface area (Å²) in [5.74, 6) is 0.729. The number of nitrogens with one attached hydrogen (secondary N) is 1. The van der Waals surface area contributed by atoms with E-state index in [0.29, 0.717) is 5.89 Å². The highest BCUT2D eigenvalue weighted by Gasteiger charge is 2.12. The van der Waals surface area contributed by atoms with Crippen LogP contribution in [-0.2, 0) is 0 Å². The van der Waals surface area contributed by atoms with Gasteiger partial charge in [0.05, 0.1) is 25.5 Å². The van der Waals surface area contributed by atoms with Crippen LogP contribution in [0.2, 0.25) is 0 Å². The predicted octanol–water partition coefficient (Wildman–Crippen LogP) is 2.13. The molecule has 0 radical (unpaired) electrons. The van der Waals surface area contributed by atoms with Gasteiger partial charge in [-0.2, -0.15) is 0 Å². The minimum atomic E-state index is -0.367. The van der Waals surface area contributed by atoms with Gasteiger partial charge in [-0.05, 0) is 36.4 Å². The maximum atomic E-state index is 12.2. The average Bonchev–Trinajstić information content (AvgIpc) is 3.47. The van der Waals surface area contributed by atoms with E-state index in [1.165, 1.54) is 4.68 Å². The topological polar surface area (TPSA) is 117 Å². The Kier molecular flexibility index (Phi) is 5.65. The van der Waals surface area contributed by atoms with E-state index >= 15 is 0 Å². The number of hydrogen-bond acceptors (Lipinski definition) is 8. The highest BCUT2D eigenvalue weighted by atomic mass is 16.6. The Morgan fingerprint density at radius 1 is 1.07 bits per heavy atom. The van der Waals surface area contributed by atoms with Gasteiger partial charge in [0.2, 0.25) is 0 Å². The lowest BCUT2D eigenvalue weighted by atomic mass is 10.2. The molecule has 0 saturated heterocycles. The third-order valence-electron chi connectivity index (χ3n) is 4.10. The first-order valence-electron chi connectivity index (χ1n) is 9.09. The molecular weight excluding hydrogens is 388 g/mol. The van der Waals surface area contributed by atoms with Gasteiger partial charge in [-0.1, -0.05) is 28.5 Å². The molecule has 0 aliphatic rings. The number of amides is 1. The molecule has 0 spiro atoms. The van der Waals surface area contributed by atoms with Crippen molar-refractivity contribution in [2.45, 2.75) is 0 Å². The van der Waals surface area contributed by atoms with E-state index in [-0.39, 0.29) is 30.8 Å². The van der Waals surface area contributed by atoms with Crippen molar-refractivity contribution >= 4 is 5.91 Å². The number of methoxy groups -OCH3 is 1. The van der Waals surface area contributed by atoms with Crippen LogP contribution >= 0.6 is 0 Å². The molecule has 2 aromatic heterocycles. The number of aromatic nitrogens is 5. The third-order valence-corrected chi connectivity index (χ3v) is 4.10. The van der Waals surface area contributed by atoms with Gasteiger partial charge in [0, 0.05) is 5.56 Å². The molecule has 4 aromatic rings. The molecule has 10 nitrogen and oxygen atoms in total. The van der Waals surface area contributed by atoms with Crippen LogP contribution < -0.4 is 14.8 Å². The molecular formula is C20H18N6O4. The second-order valence-electron chi connectivity index (χ2n) is 6.09. The maximum absolute atomic E-state index is 12.2. The molecule has 2 heterocycles. The lowest BCUT2D eigenvalue weighted by Crippen LogP contribution is -2.28. The van der Waals surface area contributed by atoms with E-state index < -0.39 is 0 Å². The minimum absolute atomic E-state index is 0.0357. The van der Waals surface area contributed by atoms with Gasteiger partial charge in [-0.3, -0.25) is 4.79 Å². The Bertz CT molecular complexity index is 1110. The first-order chi connectivity index (χ1) is 14.7. The zero-order valence-electron chi connectivity index (χ0n) is 16.1. The number of carbonyl (C=O) groups is 1. The molecule has 10 heteroatoms. The van der Waals surface area contributed by atoms with Crippen molar-refractivity contribution in [3.63, 3.8) is 0 Å². The lowest BCUT2D eigenvalue weighted by Gasteiger charge is -2.03. The SMILES string of the molecule is COc1ccc(-n2cc(C(=O)NCCOc3nnc(-c4ccccc4)o3)nn2)cc1. The van der Waals surface area contributed by atoms with Crippen molar-refractivity contribution in [2.75, 3.05) is 20.3 Å². The van der Waals surface area contributed by atoms with E-state index in [1.54, 1.807) is 25.4 Å². The Labute approximate surface area is 171 Å². The molecule has 0 bridgehead atoms. The fraction of sp³-hybridized carbons (Fsp3) is 0.150. The maximum Gasteiger partial charge on any atom is 0.414 e. The highest BCUT2D eigenvalue weighted by Crippen LogP contribution is 2.20. The zero-order valence-corrected chi connectivity index (χ0v) is 16.1. The second kappa shape index (κ2) is 8.86. The van der Waals surface area contributed by atoms with Crippen LogP contribution in [-0.4, -0.2) is 51.4 Å². The van der Waals surface area contributed by atoms with Gasteiger partial charge in [0.1, 0.15) is 12.4 Å². The fourth-order valence-electron chi connectivity index (χ4n) is 2.59. The third kappa shape index (κ3) is 4.43. The van der Waals surface area contributed by atoms with Crippen LogP contribution in [0.1, 0.15) is 10.5 Å². The molecule has 4 rings (SSSR count). The number of nitrogens with zero attached hydrogens (tertiary/aromatic N) is 5. The predicted molar refractivity (Wildman–Crippen MR) is 105 cm³/mol. The standard InChI is InChI=1S/C20H18N6O4/c1-28-16-9-7-15(8-10-16)26-13-17(22-25-26)18(27)21-11-12-29-20-24-23-19(30-20)14-5-3-2-4-6-14/h2-10,13H,11-12H2,1H3,(H,21,27). The molecule has 0 unspecified atom stereocenters. The van der Waals surface area contributed by atoms with Crippen molar-refractivity contribution in [3.8, 4) is 29.0 Å². The quantitative estimate of drug-likeness (QED) is 0.442. The number of benzene rings is 2. The van der Waals surface area contributed by atoms with Crippen LogP contribution in [0.4, 0.5) is 0 Å². The summed E-state index contributed by atoms with van der Waals surface area (Å²) in [5, 5.41) is 18.3. The fourth-order valence-corrected chi connectivity index (χ4v) is 2.59. The molecule has 0 saturated carbocycles. The summed E-state index contributed by atoms with van der Waals surface area (Å²) in [6.45, 7) is 0.395. The summed E-state index contributed by atoms with van der Waals surface area (Å²) in [6, 6.07) is 16.6. The second-order valence-corrected chi connectivity index (χ2v) is 6.09. The summed E-state index contributed by atoms with van der Waals surface area (Å²) in [6.07, 6.45) is 1.58. The van der Waals surface area contributed by atoms with E-state index in [9.17, 15) is 4.79 Å². The molecule has 0 aliphatic carbocycles. The summed E-state index contributed by atoms with van der Waals surface area (Å²) in [5.41, 5.74) is 1.75. The van der Waals surface area contributed by atoms with E-state index in [1.807, 2.05) is 42.5 Å². The highest BCUT2D eigenvalue weighted by molar-refractivity contribution is 5.91. The van der Waals surface area contributed by atoms with Crippen molar-refractivity contribution in [3.05, 3.63) is 66.5 Å². The molecule has 0 fully saturated rings. The smallest absolute Gasteiger partial charge is 0.414 e. The van der Waals surface area contributed by atoms with Crippen LogP contribution in [0.25, 0.3) is 17.1 Å². The first kappa shape index (κ1) is 19.1. The van der Waals surface area contributed by atoms with Gasteiger partial charge in [-0.15, -0.1) is 10.2 Å². The van der Waals surface area contributed by atoms with Gasteiger partial charge in [-0.25, -0.2) is 4.68 Å². The van der Waals surface area contributed by atoms with E-state index in [0.717, 1.165) is 17.0 Å². The van der Waals surface area contributed by atoms with Crippen molar-refractivity contribution in [2.24, 2.45) is 0 Å². The first-order valence-corrected chi connectivity index (χ1v) is 9.09. The molecule has 2 aromatic carbocycles. The van der Waals surface area contributed by atoms with Crippen molar-refractivity contribution < 1.29 is 18.7 Å². The Balaban J connectivity index is 1.26. The zero-order chi connectivity index (χ0) is 20.8. The van der Waals surface area contributed by atoms with Crippen LogP contribution in [0.15, 0.2) is 65.2 Å². The molecule has 152 valence electrons. The summed E-state index contributed by atoms with van der Waals surface area (Å²) in [4.78, 5) is 12.2. The van der Waals surface area contributed by atoms with E-state index in [4.69, 9.17) is 13.9 Å². The van der Waals surface area contributed by atoms with Crippen LogP contribution in [0.5, 0.6) is 11.8 Å². The van der Waals surface area contributed by atoms with Crippen molar-refractivity contribution in [1.29, 1.82) is 0 Å². The molecule has 0 atom stereocenters. The number of hydrogen-bond donors (Lipinski definition) is 1. The summed E-state index contributed by atoms with van der Waals surface area (Å²) < 4.78 is 17.5. The van der Waals surface area contributed by atoms with Gasteiger partial charge >= 0.3 is 6.08 Å². The minimum Gasteiger partial charge on any atom is -0.497 e. The number of rotatable bonds is 8. The van der Waals surface area contributed by atoms with Gasteiger partial charge in [0.25, 0.3) is 11.8 Å². The Morgan fingerprint density at radius 2 is 1.87 bits per heavy atom. The summed E-state index contributed by atoms with van der Waals surface area (Å²) in [7, 11) is 1.59. The Morgan fingerprint density at radius 3 is 2.63 bits per heavy atom. The van der Waals surface area contributed by atoms with Crippen LogP contribution in [0, 0.1) is 0 Å². The molecule has 1 amide bonds. The van der Waals surface area contributed by atoms with E-state index in [2.05, 4.69) is 25.8 Å². The largest absolute Gasteiger partial charge is 0.497 e. The molecule has 1 N–H and O–H groups in total. The number of carbonyl (C=O) groups excluding carboxylic acids is 1.